The quantitative estimate of drug-likeness (QED) is 0.708. The van der Waals surface area contributed by atoms with Gasteiger partial charge in [-0.2, -0.15) is 0 Å². The number of hydrogen-bond donors (Lipinski definition) is 2. The van der Waals surface area contributed by atoms with E-state index in [2.05, 4.69) is 4.98 Å². The van der Waals surface area contributed by atoms with Crippen LogP contribution in [0.5, 0.6) is 0 Å². The Balaban J connectivity index is 3.20. The smallest absolute Gasteiger partial charge is 0.337 e. The lowest BCUT2D eigenvalue weighted by atomic mass is 10.0. The van der Waals surface area contributed by atoms with Crippen molar-refractivity contribution in [3.05, 3.63) is 29.1 Å². The summed E-state index contributed by atoms with van der Waals surface area (Å²) in [7, 11) is 0. The maximum absolute atomic E-state index is 10.5. The Morgan fingerprint density at radius 1 is 1.54 bits per heavy atom. The van der Waals surface area contributed by atoms with Gasteiger partial charge in [0, 0.05) is 17.5 Å². The van der Waals surface area contributed by atoms with Crippen LogP contribution < -0.4 is 0 Å². The average molecular weight is 181 g/mol. The monoisotopic (exact) mass is 181 g/mol. The van der Waals surface area contributed by atoms with Gasteiger partial charge >= 0.3 is 5.97 Å². The number of aliphatic hydroxyl groups is 1. The topological polar surface area (TPSA) is 70.4 Å². The van der Waals surface area contributed by atoms with E-state index in [-0.39, 0.29) is 0 Å². The SMILES string of the molecule is Cc1ccnc(C)c1C(O)C(=O)O. The number of hydrogen-bond acceptors (Lipinski definition) is 3. The molecule has 0 aliphatic rings. The first-order valence-corrected chi connectivity index (χ1v) is 3.87. The van der Waals surface area contributed by atoms with Crippen LogP contribution in [-0.2, 0) is 4.79 Å². The van der Waals surface area contributed by atoms with Crippen LogP contribution in [0.25, 0.3) is 0 Å². The highest BCUT2D eigenvalue weighted by atomic mass is 16.4. The molecule has 1 aromatic rings. The van der Waals surface area contributed by atoms with E-state index in [1.807, 2.05) is 0 Å². The van der Waals surface area contributed by atoms with Crippen molar-refractivity contribution in [1.29, 1.82) is 0 Å². The van der Waals surface area contributed by atoms with Gasteiger partial charge in [0.2, 0.25) is 0 Å². The minimum absolute atomic E-state index is 0.384. The molecular formula is C9H11NO3. The van der Waals surface area contributed by atoms with E-state index >= 15 is 0 Å². The van der Waals surface area contributed by atoms with Crippen LogP contribution in [0.3, 0.4) is 0 Å². The largest absolute Gasteiger partial charge is 0.479 e. The lowest BCUT2D eigenvalue weighted by Crippen LogP contribution is -2.14. The van der Waals surface area contributed by atoms with Crippen molar-refractivity contribution in [1.82, 2.24) is 4.98 Å². The Morgan fingerprint density at radius 3 is 2.62 bits per heavy atom. The van der Waals surface area contributed by atoms with E-state index in [0.29, 0.717) is 11.3 Å². The van der Waals surface area contributed by atoms with Crippen molar-refractivity contribution in [3.63, 3.8) is 0 Å². The highest BCUT2D eigenvalue weighted by Gasteiger charge is 2.20. The molecule has 4 nitrogen and oxygen atoms in total. The Bertz CT molecular complexity index is 315. The summed E-state index contributed by atoms with van der Waals surface area (Å²) in [5, 5.41) is 17.9. The Hall–Kier alpha value is -1.42. The summed E-state index contributed by atoms with van der Waals surface area (Å²) in [4.78, 5) is 14.4. The summed E-state index contributed by atoms with van der Waals surface area (Å²) < 4.78 is 0. The fraction of sp³-hybridized carbons (Fsp3) is 0.333. The number of carboxylic acid groups (broad SMARTS) is 1. The normalized spacial score (nSPS) is 12.5. The van der Waals surface area contributed by atoms with Crippen LogP contribution >= 0.6 is 0 Å². The van der Waals surface area contributed by atoms with Gasteiger partial charge in [-0.15, -0.1) is 0 Å². The minimum Gasteiger partial charge on any atom is -0.479 e. The standard InChI is InChI=1S/C9H11NO3/c1-5-3-4-10-6(2)7(5)8(11)9(12)13/h3-4,8,11H,1-2H3,(H,12,13). The van der Waals surface area contributed by atoms with Gasteiger partial charge in [0.25, 0.3) is 0 Å². The van der Waals surface area contributed by atoms with E-state index in [1.165, 1.54) is 0 Å². The van der Waals surface area contributed by atoms with Gasteiger partial charge in [-0.3, -0.25) is 4.98 Å². The molecule has 1 unspecified atom stereocenters. The second kappa shape index (κ2) is 3.53. The van der Waals surface area contributed by atoms with Crippen molar-refractivity contribution < 1.29 is 15.0 Å². The van der Waals surface area contributed by atoms with Crippen molar-refractivity contribution in [2.45, 2.75) is 20.0 Å². The van der Waals surface area contributed by atoms with Gasteiger partial charge in [-0.25, -0.2) is 4.79 Å². The first kappa shape index (κ1) is 9.67. The molecule has 1 rings (SSSR count). The number of pyridine rings is 1. The summed E-state index contributed by atoms with van der Waals surface area (Å²) in [6.07, 6.45) is 0.108. The molecule has 0 saturated heterocycles. The molecule has 1 heterocycles. The third kappa shape index (κ3) is 1.84. The highest BCUT2D eigenvalue weighted by Crippen LogP contribution is 2.19. The second-order valence-electron chi connectivity index (χ2n) is 2.87. The first-order chi connectivity index (χ1) is 6.04. The van der Waals surface area contributed by atoms with Gasteiger partial charge in [0.15, 0.2) is 6.10 Å². The zero-order valence-electron chi connectivity index (χ0n) is 7.48. The highest BCUT2D eigenvalue weighted by molar-refractivity contribution is 5.74. The van der Waals surface area contributed by atoms with Crippen molar-refractivity contribution >= 4 is 5.97 Å². The fourth-order valence-electron chi connectivity index (χ4n) is 1.24. The van der Waals surface area contributed by atoms with Crippen molar-refractivity contribution in [2.75, 3.05) is 0 Å². The number of rotatable bonds is 2. The summed E-state index contributed by atoms with van der Waals surface area (Å²) in [6.45, 7) is 3.42. The second-order valence-corrected chi connectivity index (χ2v) is 2.87. The molecule has 1 atom stereocenters. The maximum Gasteiger partial charge on any atom is 0.337 e. The van der Waals surface area contributed by atoms with Crippen LogP contribution in [-0.4, -0.2) is 21.2 Å². The number of aliphatic hydroxyl groups excluding tert-OH is 1. The molecule has 0 bridgehead atoms. The molecule has 0 fully saturated rings. The number of carbonyl (C=O) groups is 1. The van der Waals surface area contributed by atoms with Gasteiger partial charge in [0.05, 0.1) is 0 Å². The van der Waals surface area contributed by atoms with Crippen molar-refractivity contribution in [2.24, 2.45) is 0 Å². The van der Waals surface area contributed by atoms with E-state index in [9.17, 15) is 9.90 Å². The lowest BCUT2D eigenvalue weighted by molar-refractivity contribution is -0.147. The zero-order chi connectivity index (χ0) is 10.0. The summed E-state index contributed by atoms with van der Waals surface area (Å²) in [5.41, 5.74) is 1.67. The molecule has 0 aliphatic carbocycles. The third-order valence-electron chi connectivity index (χ3n) is 1.91. The van der Waals surface area contributed by atoms with E-state index in [4.69, 9.17) is 5.11 Å². The molecule has 0 saturated carbocycles. The maximum atomic E-state index is 10.5. The Morgan fingerprint density at radius 2 is 2.15 bits per heavy atom. The van der Waals surface area contributed by atoms with Crippen LogP contribution in [0.2, 0.25) is 0 Å². The Kier molecular flexibility index (Phi) is 2.63. The molecule has 1 aromatic heterocycles. The minimum atomic E-state index is -1.48. The molecule has 2 N–H and O–H groups in total. The van der Waals surface area contributed by atoms with Crippen LogP contribution in [0.15, 0.2) is 12.3 Å². The fourth-order valence-corrected chi connectivity index (χ4v) is 1.24. The van der Waals surface area contributed by atoms with Gasteiger partial charge in [-0.1, -0.05) is 0 Å². The van der Waals surface area contributed by atoms with E-state index in [1.54, 1.807) is 26.1 Å². The van der Waals surface area contributed by atoms with Gasteiger partial charge in [0.1, 0.15) is 0 Å². The zero-order valence-corrected chi connectivity index (χ0v) is 7.48. The molecule has 0 aliphatic heterocycles. The lowest BCUT2D eigenvalue weighted by Gasteiger charge is -2.11. The molecule has 0 aromatic carbocycles. The molecule has 4 heteroatoms. The molecule has 13 heavy (non-hydrogen) atoms. The van der Waals surface area contributed by atoms with E-state index < -0.39 is 12.1 Å². The van der Waals surface area contributed by atoms with Crippen molar-refractivity contribution in [3.8, 4) is 0 Å². The predicted molar refractivity (Wildman–Crippen MR) is 46.3 cm³/mol. The van der Waals surface area contributed by atoms with Crippen LogP contribution in [0.1, 0.15) is 22.9 Å². The molecule has 0 spiro atoms. The number of aliphatic carboxylic acids is 1. The number of carboxylic acids is 1. The molecular weight excluding hydrogens is 170 g/mol. The van der Waals surface area contributed by atoms with E-state index in [0.717, 1.165) is 5.56 Å². The summed E-state index contributed by atoms with van der Waals surface area (Å²) in [5.74, 6) is -1.25. The predicted octanol–water partition coefficient (Wildman–Crippen LogP) is 0.816. The number of aryl methyl sites for hydroxylation is 2. The number of aromatic nitrogens is 1. The molecule has 0 radical (unpaired) electrons. The molecule has 0 amide bonds. The number of nitrogens with zero attached hydrogens (tertiary/aromatic N) is 1. The van der Waals surface area contributed by atoms with Crippen LogP contribution in [0.4, 0.5) is 0 Å². The summed E-state index contributed by atoms with van der Waals surface area (Å²) >= 11 is 0. The van der Waals surface area contributed by atoms with Gasteiger partial charge < -0.3 is 10.2 Å². The summed E-state index contributed by atoms with van der Waals surface area (Å²) in [6, 6.07) is 1.68. The first-order valence-electron chi connectivity index (χ1n) is 3.87. The molecule has 70 valence electrons. The Labute approximate surface area is 75.9 Å². The third-order valence-corrected chi connectivity index (χ3v) is 1.91. The van der Waals surface area contributed by atoms with Crippen LogP contribution in [0, 0.1) is 13.8 Å². The average Bonchev–Trinajstić information content (AvgIpc) is 2.03. The van der Waals surface area contributed by atoms with Gasteiger partial charge in [-0.05, 0) is 25.5 Å².